The highest BCUT2D eigenvalue weighted by atomic mass is 16.6. The van der Waals surface area contributed by atoms with Crippen LogP contribution in [0.25, 0.3) is 6.08 Å². The van der Waals surface area contributed by atoms with Crippen LogP contribution in [-0.2, 0) is 9.63 Å². The lowest BCUT2D eigenvalue weighted by Crippen LogP contribution is -2.28. The van der Waals surface area contributed by atoms with Gasteiger partial charge < -0.3 is 19.6 Å². The van der Waals surface area contributed by atoms with Crippen LogP contribution >= 0.6 is 0 Å². The third kappa shape index (κ3) is 4.22. The van der Waals surface area contributed by atoms with Crippen molar-refractivity contribution in [3.63, 3.8) is 0 Å². The first-order valence-corrected chi connectivity index (χ1v) is 8.18. The molecule has 1 unspecified atom stereocenters. The number of methoxy groups -OCH3 is 2. The second kappa shape index (κ2) is 8.20. The van der Waals surface area contributed by atoms with Gasteiger partial charge in [-0.2, -0.15) is 0 Å². The monoisotopic (exact) mass is 352 g/mol. The fraction of sp³-hybridized carbons (Fsp3) is 0.200. The van der Waals surface area contributed by atoms with Crippen molar-refractivity contribution >= 4 is 23.4 Å². The van der Waals surface area contributed by atoms with Gasteiger partial charge in [0.15, 0.2) is 0 Å². The van der Waals surface area contributed by atoms with Crippen LogP contribution < -0.4 is 14.8 Å². The summed E-state index contributed by atoms with van der Waals surface area (Å²) < 4.78 is 10.4. The van der Waals surface area contributed by atoms with Gasteiger partial charge >= 0.3 is 0 Å². The maximum atomic E-state index is 12.5. The molecule has 0 radical (unpaired) electrons. The lowest BCUT2D eigenvalue weighted by molar-refractivity contribution is -0.125. The molecule has 2 aromatic carbocycles. The Bertz CT molecular complexity index is 831. The Morgan fingerprint density at radius 1 is 1.15 bits per heavy atom. The topological polar surface area (TPSA) is 69.2 Å². The van der Waals surface area contributed by atoms with Gasteiger partial charge in [0.2, 0.25) is 6.10 Å². The lowest BCUT2D eigenvalue weighted by Gasteiger charge is -2.13. The van der Waals surface area contributed by atoms with Gasteiger partial charge in [0.05, 0.1) is 25.6 Å². The smallest absolute Gasteiger partial charge is 0.268 e. The summed E-state index contributed by atoms with van der Waals surface area (Å²) in [5.41, 5.74) is 2.30. The third-order valence-electron chi connectivity index (χ3n) is 3.92. The number of oxime groups is 1. The summed E-state index contributed by atoms with van der Waals surface area (Å²) >= 11 is 0. The minimum absolute atomic E-state index is 0.289. The van der Waals surface area contributed by atoms with E-state index in [1.165, 1.54) is 0 Å². The van der Waals surface area contributed by atoms with E-state index in [-0.39, 0.29) is 5.91 Å². The van der Waals surface area contributed by atoms with Crippen LogP contribution in [0.2, 0.25) is 0 Å². The molecule has 6 nitrogen and oxygen atoms in total. The van der Waals surface area contributed by atoms with Crippen molar-refractivity contribution < 1.29 is 19.1 Å². The van der Waals surface area contributed by atoms with Crippen LogP contribution in [-0.4, -0.2) is 31.9 Å². The van der Waals surface area contributed by atoms with Gasteiger partial charge in [0.25, 0.3) is 5.91 Å². The van der Waals surface area contributed by atoms with Crippen molar-refractivity contribution in [1.82, 2.24) is 0 Å². The summed E-state index contributed by atoms with van der Waals surface area (Å²) in [6.07, 6.45) is 3.52. The van der Waals surface area contributed by atoms with E-state index < -0.39 is 6.10 Å². The van der Waals surface area contributed by atoms with Gasteiger partial charge in [0.1, 0.15) is 11.5 Å². The largest absolute Gasteiger partial charge is 0.497 e. The van der Waals surface area contributed by atoms with Crippen molar-refractivity contribution in [2.75, 3.05) is 19.5 Å². The number of rotatable bonds is 6. The average Bonchev–Trinajstić information content (AvgIpc) is 3.16. The molecule has 3 rings (SSSR count). The number of carbonyl (C=O) groups excluding carboxylic acids is 1. The molecule has 0 spiro atoms. The maximum absolute atomic E-state index is 12.5. The Hall–Kier alpha value is -3.28. The summed E-state index contributed by atoms with van der Waals surface area (Å²) in [6, 6.07) is 15.1. The van der Waals surface area contributed by atoms with Gasteiger partial charge in [-0.3, -0.25) is 4.79 Å². The van der Waals surface area contributed by atoms with E-state index in [0.29, 0.717) is 29.3 Å². The van der Waals surface area contributed by atoms with Crippen molar-refractivity contribution in [3.05, 3.63) is 60.2 Å². The molecule has 0 bridgehead atoms. The second-order valence-electron chi connectivity index (χ2n) is 5.68. The lowest BCUT2D eigenvalue weighted by atomic mass is 10.1. The first-order valence-electron chi connectivity index (χ1n) is 8.18. The van der Waals surface area contributed by atoms with Crippen LogP contribution in [0.15, 0.2) is 59.8 Å². The molecule has 2 aromatic rings. The van der Waals surface area contributed by atoms with Crippen LogP contribution in [0.1, 0.15) is 12.0 Å². The molecule has 0 saturated heterocycles. The molecule has 1 heterocycles. The number of nitrogens with zero attached hydrogens (tertiary/aromatic N) is 1. The molecular formula is C20H20N2O4. The minimum Gasteiger partial charge on any atom is -0.497 e. The number of hydrogen-bond acceptors (Lipinski definition) is 5. The normalized spacial score (nSPS) is 16.1. The van der Waals surface area contributed by atoms with Crippen molar-refractivity contribution in [3.8, 4) is 11.5 Å². The number of anilines is 1. The van der Waals surface area contributed by atoms with Crippen molar-refractivity contribution in [2.45, 2.75) is 12.5 Å². The molecular weight excluding hydrogens is 332 g/mol. The summed E-state index contributed by atoms with van der Waals surface area (Å²) in [6.45, 7) is 0. The number of ether oxygens (including phenoxy) is 2. The maximum Gasteiger partial charge on any atom is 0.268 e. The number of amides is 1. The molecule has 1 aliphatic heterocycles. The number of nitrogens with one attached hydrogen (secondary N) is 1. The predicted molar refractivity (Wildman–Crippen MR) is 101 cm³/mol. The highest BCUT2D eigenvalue weighted by molar-refractivity contribution is 6.04. The second-order valence-corrected chi connectivity index (χ2v) is 5.68. The van der Waals surface area contributed by atoms with Gasteiger partial charge in [-0.15, -0.1) is 0 Å². The minimum atomic E-state index is -0.679. The van der Waals surface area contributed by atoms with E-state index in [0.717, 1.165) is 5.56 Å². The Morgan fingerprint density at radius 2 is 1.96 bits per heavy atom. The standard InChI is InChI=1S/C20H20N2O4/c1-24-16-10-11-18(25-2)17(13-16)21-20(23)19-12-15(22-26-19)9-8-14-6-4-3-5-7-14/h3-11,13,19H,12H2,1-2H3,(H,21,23)/b9-8+. The van der Waals surface area contributed by atoms with Crippen molar-refractivity contribution in [2.24, 2.45) is 5.16 Å². The fourth-order valence-electron chi connectivity index (χ4n) is 2.52. The van der Waals surface area contributed by atoms with E-state index in [1.807, 2.05) is 42.5 Å². The Balaban J connectivity index is 1.61. The molecule has 134 valence electrons. The predicted octanol–water partition coefficient (Wildman–Crippen LogP) is 3.50. The molecule has 26 heavy (non-hydrogen) atoms. The van der Waals surface area contributed by atoms with Gasteiger partial charge in [-0.1, -0.05) is 41.6 Å². The molecule has 0 aliphatic carbocycles. The fourth-order valence-corrected chi connectivity index (χ4v) is 2.52. The third-order valence-corrected chi connectivity index (χ3v) is 3.92. The number of allylic oxidation sites excluding steroid dienone is 1. The van der Waals surface area contributed by atoms with Crippen LogP contribution in [0.3, 0.4) is 0 Å². The summed E-state index contributed by atoms with van der Waals surface area (Å²) in [5, 5.41) is 6.79. The quantitative estimate of drug-likeness (QED) is 0.864. The molecule has 1 aliphatic rings. The average molecular weight is 352 g/mol. The van der Waals surface area contributed by atoms with Gasteiger partial charge in [-0.25, -0.2) is 0 Å². The van der Waals surface area contributed by atoms with Gasteiger partial charge in [0, 0.05) is 12.5 Å². The highest BCUT2D eigenvalue weighted by Crippen LogP contribution is 2.29. The zero-order valence-electron chi connectivity index (χ0n) is 14.6. The highest BCUT2D eigenvalue weighted by Gasteiger charge is 2.27. The number of hydrogen-bond donors (Lipinski definition) is 1. The van der Waals surface area contributed by atoms with E-state index in [9.17, 15) is 4.79 Å². The molecule has 1 atom stereocenters. The zero-order chi connectivity index (χ0) is 18.4. The molecule has 1 amide bonds. The SMILES string of the molecule is COc1ccc(OC)c(NC(=O)C2CC(/C=C/c3ccccc3)=NO2)c1. The molecule has 0 aromatic heterocycles. The van der Waals surface area contributed by atoms with E-state index in [2.05, 4.69) is 10.5 Å². The van der Waals surface area contributed by atoms with Crippen LogP contribution in [0.4, 0.5) is 5.69 Å². The van der Waals surface area contributed by atoms with Crippen LogP contribution in [0.5, 0.6) is 11.5 Å². The van der Waals surface area contributed by atoms with E-state index in [4.69, 9.17) is 14.3 Å². The van der Waals surface area contributed by atoms with Crippen LogP contribution in [0, 0.1) is 0 Å². The van der Waals surface area contributed by atoms with Gasteiger partial charge in [-0.05, 0) is 23.8 Å². The molecule has 0 saturated carbocycles. The Kier molecular flexibility index (Phi) is 5.53. The summed E-state index contributed by atoms with van der Waals surface area (Å²) in [5.74, 6) is 0.877. The summed E-state index contributed by atoms with van der Waals surface area (Å²) in [4.78, 5) is 17.7. The Labute approximate surface area is 152 Å². The first-order chi connectivity index (χ1) is 12.7. The van der Waals surface area contributed by atoms with E-state index in [1.54, 1.807) is 32.4 Å². The molecule has 1 N–H and O–H groups in total. The first kappa shape index (κ1) is 17.5. The Morgan fingerprint density at radius 3 is 2.69 bits per heavy atom. The molecule has 0 fully saturated rings. The molecule has 6 heteroatoms. The summed E-state index contributed by atoms with van der Waals surface area (Å²) in [7, 11) is 3.10. The zero-order valence-corrected chi connectivity index (χ0v) is 14.6. The van der Waals surface area contributed by atoms with E-state index >= 15 is 0 Å². The van der Waals surface area contributed by atoms with Crippen molar-refractivity contribution in [1.29, 1.82) is 0 Å². The number of carbonyl (C=O) groups is 1. The number of benzene rings is 2.